The van der Waals surface area contributed by atoms with E-state index in [1.54, 1.807) is 27.7 Å². The van der Waals surface area contributed by atoms with Crippen molar-refractivity contribution in [2.45, 2.75) is 116 Å². The van der Waals surface area contributed by atoms with E-state index in [1.165, 1.54) is 13.5 Å². The number of carbonyl (C=O) groups is 2. The van der Waals surface area contributed by atoms with Crippen LogP contribution < -0.4 is 10.6 Å². The highest BCUT2D eigenvalue weighted by atomic mass is 16.8. The number of esters is 1. The molecule has 10 nitrogen and oxygen atoms in total. The molecule has 2 rings (SSSR count). The normalized spacial score (nSPS) is 18.3. The van der Waals surface area contributed by atoms with Gasteiger partial charge in [0.2, 0.25) is 0 Å². The van der Waals surface area contributed by atoms with Crippen LogP contribution in [0.25, 0.3) is 0 Å². The fourth-order valence-electron chi connectivity index (χ4n) is 4.75. The molecule has 0 spiro atoms. The molecule has 1 aromatic carbocycles. The first-order valence-corrected chi connectivity index (χ1v) is 14.4. The Bertz CT molecular complexity index is 857. The molecule has 1 amide bonds. The van der Waals surface area contributed by atoms with Gasteiger partial charge in [0.05, 0.1) is 12.1 Å². The summed E-state index contributed by atoms with van der Waals surface area (Å²) in [5.41, 5.74) is 0.197. The first kappa shape index (κ1) is 34.0. The number of ether oxygens (including phenoxy) is 5. The molecular formula is C30H50N2O8. The van der Waals surface area contributed by atoms with Crippen molar-refractivity contribution in [1.29, 1.82) is 0 Å². The van der Waals surface area contributed by atoms with Gasteiger partial charge in [0.15, 0.2) is 0 Å². The minimum atomic E-state index is -1.12. The van der Waals surface area contributed by atoms with Gasteiger partial charge >= 0.3 is 12.1 Å². The van der Waals surface area contributed by atoms with Crippen LogP contribution in [0.4, 0.5) is 4.79 Å². The standard InChI is InChI=1S/C30H50N2O8/c1-7-37-29(36-6)39-26(24(18-22-14-10-8-11-15-22)32-28(35)40-30(3,4)5)25(33)19-31-21(2)27(34)38-20-23-16-12-9-13-17-23/h9,12-13,16-17,21-22,24-26,29,31,33H,7-8,10-11,14-15,18-20H2,1-6H3,(H,32,35)/t21?,24-,25+,26+,29?/m0/s1. The Labute approximate surface area is 239 Å². The van der Waals surface area contributed by atoms with Gasteiger partial charge in [-0.05, 0) is 52.5 Å². The van der Waals surface area contributed by atoms with Crippen molar-refractivity contribution >= 4 is 12.1 Å². The molecule has 10 heteroatoms. The molecule has 40 heavy (non-hydrogen) atoms. The van der Waals surface area contributed by atoms with E-state index in [9.17, 15) is 14.7 Å². The fraction of sp³-hybridized carbons (Fsp3) is 0.733. The summed E-state index contributed by atoms with van der Waals surface area (Å²) in [6.07, 6.45) is 3.50. The van der Waals surface area contributed by atoms with Crippen molar-refractivity contribution < 1.29 is 38.4 Å². The minimum absolute atomic E-state index is 0.00595. The number of aliphatic hydroxyl groups excluding tert-OH is 1. The van der Waals surface area contributed by atoms with E-state index in [2.05, 4.69) is 10.6 Å². The van der Waals surface area contributed by atoms with E-state index in [0.29, 0.717) is 18.9 Å². The highest BCUT2D eigenvalue weighted by Crippen LogP contribution is 2.29. The Kier molecular flexibility index (Phi) is 14.9. The molecule has 3 N–H and O–H groups in total. The van der Waals surface area contributed by atoms with Gasteiger partial charge in [0.1, 0.15) is 24.4 Å². The molecule has 228 valence electrons. The van der Waals surface area contributed by atoms with Crippen molar-refractivity contribution in [2.75, 3.05) is 20.3 Å². The topological polar surface area (TPSA) is 125 Å². The van der Waals surface area contributed by atoms with Gasteiger partial charge < -0.3 is 39.4 Å². The molecule has 0 radical (unpaired) electrons. The van der Waals surface area contributed by atoms with Crippen molar-refractivity contribution in [2.24, 2.45) is 5.92 Å². The average Bonchev–Trinajstić information content (AvgIpc) is 2.92. The molecule has 0 heterocycles. The van der Waals surface area contributed by atoms with E-state index >= 15 is 0 Å². The van der Waals surface area contributed by atoms with E-state index in [4.69, 9.17) is 23.7 Å². The Morgan fingerprint density at radius 1 is 1.10 bits per heavy atom. The number of methoxy groups -OCH3 is 1. The number of rotatable bonds is 16. The lowest BCUT2D eigenvalue weighted by molar-refractivity contribution is -0.306. The number of hydrogen-bond donors (Lipinski definition) is 3. The quantitative estimate of drug-likeness (QED) is 0.199. The third-order valence-electron chi connectivity index (χ3n) is 6.76. The van der Waals surface area contributed by atoms with Crippen molar-refractivity contribution in [3.8, 4) is 0 Å². The van der Waals surface area contributed by atoms with Gasteiger partial charge in [-0.1, -0.05) is 62.4 Å². The SMILES string of the molecule is CCOC(OC)O[C@@H]([C@H](O)CNC(C)C(=O)OCc1ccccc1)[C@H](CC1CCCCC1)NC(=O)OC(C)(C)C. The monoisotopic (exact) mass is 566 g/mol. The van der Waals surface area contributed by atoms with Crippen molar-refractivity contribution in [3.63, 3.8) is 0 Å². The van der Waals surface area contributed by atoms with Crippen LogP contribution in [0.1, 0.15) is 78.7 Å². The number of amides is 1. The Balaban J connectivity index is 2.14. The van der Waals surface area contributed by atoms with E-state index in [0.717, 1.165) is 31.2 Å². The molecule has 1 aliphatic rings. The van der Waals surface area contributed by atoms with E-state index in [-0.39, 0.29) is 13.2 Å². The predicted molar refractivity (Wildman–Crippen MR) is 151 cm³/mol. The van der Waals surface area contributed by atoms with Crippen LogP contribution in [0, 0.1) is 5.92 Å². The van der Waals surface area contributed by atoms with Gasteiger partial charge in [-0.3, -0.25) is 4.79 Å². The van der Waals surface area contributed by atoms with Crippen LogP contribution in [0.3, 0.4) is 0 Å². The maximum atomic E-state index is 12.9. The Hall–Kier alpha value is -2.24. The highest BCUT2D eigenvalue weighted by molar-refractivity contribution is 5.75. The molecule has 1 aromatic rings. The van der Waals surface area contributed by atoms with Gasteiger partial charge in [0.25, 0.3) is 6.48 Å². The predicted octanol–water partition coefficient (Wildman–Crippen LogP) is 4.28. The largest absolute Gasteiger partial charge is 0.460 e. The lowest BCUT2D eigenvalue weighted by atomic mass is 9.83. The first-order valence-electron chi connectivity index (χ1n) is 14.4. The fourth-order valence-corrected chi connectivity index (χ4v) is 4.75. The summed E-state index contributed by atoms with van der Waals surface area (Å²) in [4.78, 5) is 25.4. The molecule has 5 atom stereocenters. The maximum Gasteiger partial charge on any atom is 0.407 e. The van der Waals surface area contributed by atoms with Gasteiger partial charge in [-0.25, -0.2) is 4.79 Å². The zero-order valence-electron chi connectivity index (χ0n) is 25.0. The molecule has 2 unspecified atom stereocenters. The summed E-state index contributed by atoms with van der Waals surface area (Å²) in [6, 6.07) is 8.15. The lowest BCUT2D eigenvalue weighted by Gasteiger charge is -2.36. The highest BCUT2D eigenvalue weighted by Gasteiger charge is 2.36. The van der Waals surface area contributed by atoms with Crippen LogP contribution in [0.15, 0.2) is 30.3 Å². The average molecular weight is 567 g/mol. The number of nitrogens with one attached hydrogen (secondary N) is 2. The third-order valence-corrected chi connectivity index (χ3v) is 6.76. The second-order valence-corrected chi connectivity index (χ2v) is 11.4. The van der Waals surface area contributed by atoms with Crippen LogP contribution in [0.5, 0.6) is 0 Å². The minimum Gasteiger partial charge on any atom is -0.460 e. The van der Waals surface area contributed by atoms with Crippen molar-refractivity contribution in [3.05, 3.63) is 35.9 Å². The summed E-state index contributed by atoms with van der Waals surface area (Å²) in [6.45, 7) is 8.32. The van der Waals surface area contributed by atoms with Crippen LogP contribution in [-0.4, -0.2) is 73.8 Å². The van der Waals surface area contributed by atoms with Crippen molar-refractivity contribution in [1.82, 2.24) is 10.6 Å². The zero-order chi connectivity index (χ0) is 29.5. The molecule has 0 saturated heterocycles. The van der Waals surface area contributed by atoms with E-state index in [1.807, 2.05) is 37.3 Å². The molecule has 0 aromatic heterocycles. The lowest BCUT2D eigenvalue weighted by Crippen LogP contribution is -2.56. The second kappa shape index (κ2) is 17.5. The van der Waals surface area contributed by atoms with Gasteiger partial charge in [-0.2, -0.15) is 0 Å². The molecule has 1 saturated carbocycles. The summed E-state index contributed by atoms with van der Waals surface area (Å²) in [5.74, 6) is -0.0804. The maximum absolute atomic E-state index is 12.9. The van der Waals surface area contributed by atoms with Gasteiger partial charge in [0, 0.05) is 20.3 Å². The van der Waals surface area contributed by atoms with Crippen LogP contribution in [0.2, 0.25) is 0 Å². The molecule has 1 aliphatic carbocycles. The van der Waals surface area contributed by atoms with Crippen LogP contribution >= 0.6 is 0 Å². The number of aliphatic hydroxyl groups is 1. The number of carbonyl (C=O) groups excluding carboxylic acids is 2. The molecular weight excluding hydrogens is 516 g/mol. The van der Waals surface area contributed by atoms with Crippen LogP contribution in [-0.2, 0) is 35.1 Å². The summed E-state index contributed by atoms with van der Waals surface area (Å²) < 4.78 is 27.9. The number of alkyl carbamates (subject to hydrolysis) is 1. The molecule has 0 aliphatic heterocycles. The second-order valence-electron chi connectivity index (χ2n) is 11.4. The zero-order valence-corrected chi connectivity index (χ0v) is 25.0. The summed E-state index contributed by atoms with van der Waals surface area (Å²) in [5, 5.41) is 17.4. The van der Waals surface area contributed by atoms with E-state index < -0.39 is 48.4 Å². The first-order chi connectivity index (χ1) is 19.0. The number of hydrogen-bond acceptors (Lipinski definition) is 9. The Morgan fingerprint density at radius 3 is 2.38 bits per heavy atom. The van der Waals surface area contributed by atoms with Gasteiger partial charge in [-0.15, -0.1) is 0 Å². The smallest absolute Gasteiger partial charge is 0.407 e. The third kappa shape index (κ3) is 13.0. The summed E-state index contributed by atoms with van der Waals surface area (Å²) >= 11 is 0. The molecule has 0 bridgehead atoms. The summed E-state index contributed by atoms with van der Waals surface area (Å²) in [7, 11) is 1.45. The number of benzene rings is 1. The Morgan fingerprint density at radius 2 is 1.77 bits per heavy atom. The molecule has 1 fully saturated rings.